The van der Waals surface area contributed by atoms with Gasteiger partial charge in [-0.2, -0.15) is 27.5 Å². The number of hydrogen-bond acceptors (Lipinski definition) is 5. The molecule has 2 unspecified atom stereocenters. The van der Waals surface area contributed by atoms with Crippen LogP contribution in [0, 0.1) is 45.3 Å². The van der Waals surface area contributed by atoms with Gasteiger partial charge in [0.25, 0.3) is 0 Å². The van der Waals surface area contributed by atoms with Gasteiger partial charge in [-0.25, -0.2) is 0 Å². The topological polar surface area (TPSA) is 97.4 Å². The van der Waals surface area contributed by atoms with E-state index in [1.54, 1.807) is 11.8 Å². The normalized spacial score (nSPS) is 24.1. The summed E-state index contributed by atoms with van der Waals surface area (Å²) in [5, 5.41) is 29.6. The quantitative estimate of drug-likeness (QED) is 0.860. The highest BCUT2D eigenvalue weighted by Crippen LogP contribution is 2.55. The first-order chi connectivity index (χ1) is 12.5. The van der Waals surface area contributed by atoms with Crippen molar-refractivity contribution in [3.63, 3.8) is 0 Å². The lowest BCUT2D eigenvalue weighted by Crippen LogP contribution is -2.43. The van der Waals surface area contributed by atoms with Crippen molar-refractivity contribution in [2.45, 2.75) is 25.7 Å². The average Bonchev–Trinajstić information content (AvgIpc) is 2.67. The fourth-order valence-electron chi connectivity index (χ4n) is 3.95. The predicted molar refractivity (Wildman–Crippen MR) is 103 cm³/mol. The van der Waals surface area contributed by atoms with E-state index in [0.717, 1.165) is 22.6 Å². The van der Waals surface area contributed by atoms with E-state index >= 15 is 0 Å². The van der Waals surface area contributed by atoms with E-state index < -0.39 is 5.41 Å². The molecular formula is C21H20N4S. The number of nitrogens with two attached hydrogens (primary N) is 1. The van der Waals surface area contributed by atoms with Crippen LogP contribution in [0.25, 0.3) is 0 Å². The van der Waals surface area contributed by atoms with E-state index in [1.807, 2.05) is 18.2 Å². The van der Waals surface area contributed by atoms with Crippen LogP contribution in [-0.4, -0.2) is 11.5 Å². The highest BCUT2D eigenvalue weighted by Gasteiger charge is 2.53. The van der Waals surface area contributed by atoms with Crippen molar-refractivity contribution in [3.05, 3.63) is 58.3 Å². The third kappa shape index (κ3) is 2.59. The first kappa shape index (κ1) is 18.1. The summed E-state index contributed by atoms with van der Waals surface area (Å²) in [7, 11) is 0. The number of nitrogens with zero attached hydrogens (tertiary/aromatic N) is 3. The Balaban J connectivity index is 2.25. The van der Waals surface area contributed by atoms with Gasteiger partial charge in [-0.05, 0) is 22.6 Å². The molecule has 0 saturated heterocycles. The highest BCUT2D eigenvalue weighted by atomic mass is 32.2. The zero-order valence-electron chi connectivity index (χ0n) is 14.9. The number of allylic oxidation sites excluding steroid dienone is 3. The van der Waals surface area contributed by atoms with Gasteiger partial charge in [-0.3, -0.25) is 0 Å². The van der Waals surface area contributed by atoms with Crippen molar-refractivity contribution in [2.24, 2.45) is 17.1 Å². The summed E-state index contributed by atoms with van der Waals surface area (Å²) < 4.78 is 0. The lowest BCUT2D eigenvalue weighted by Gasteiger charge is -2.43. The third-order valence-corrected chi connectivity index (χ3v) is 6.39. The van der Waals surface area contributed by atoms with Crippen LogP contribution in [0.15, 0.2) is 47.2 Å². The van der Waals surface area contributed by atoms with E-state index in [4.69, 9.17) is 5.73 Å². The molecule has 0 spiro atoms. The number of rotatable bonds is 2. The Morgan fingerprint density at radius 1 is 1.15 bits per heavy atom. The molecule has 3 rings (SSSR count). The standard InChI is InChI=1S/C21H20N4S/c1-13(2)14-3-5-15(6-4-14)19-18-10-26-8-7-16(18)17(9-22)20(25)21(19,11-23)12-24/h3-7,13,18-19H,8,10,25H2,1-2H3. The summed E-state index contributed by atoms with van der Waals surface area (Å²) in [4.78, 5) is 0. The molecule has 0 fully saturated rings. The molecule has 0 bridgehead atoms. The minimum absolute atomic E-state index is 0.0695. The Labute approximate surface area is 158 Å². The zero-order chi connectivity index (χ0) is 18.9. The van der Waals surface area contributed by atoms with Gasteiger partial charge in [0.2, 0.25) is 0 Å². The van der Waals surface area contributed by atoms with Crippen molar-refractivity contribution in [1.82, 2.24) is 0 Å². The Morgan fingerprint density at radius 3 is 2.35 bits per heavy atom. The minimum atomic E-state index is -1.52. The number of hydrogen-bond donors (Lipinski definition) is 1. The molecule has 4 nitrogen and oxygen atoms in total. The van der Waals surface area contributed by atoms with Crippen LogP contribution in [-0.2, 0) is 0 Å². The third-order valence-electron chi connectivity index (χ3n) is 5.40. The maximum atomic E-state index is 9.97. The fourth-order valence-corrected chi connectivity index (χ4v) is 5.01. The number of fused-ring (bicyclic) bond motifs is 1. The van der Waals surface area contributed by atoms with E-state index in [9.17, 15) is 15.8 Å². The van der Waals surface area contributed by atoms with Crippen LogP contribution in [0.3, 0.4) is 0 Å². The molecule has 0 amide bonds. The summed E-state index contributed by atoms with van der Waals surface area (Å²) >= 11 is 1.75. The molecule has 1 aromatic carbocycles. The second-order valence-corrected chi connectivity index (χ2v) is 8.11. The van der Waals surface area contributed by atoms with Crippen molar-refractivity contribution in [1.29, 1.82) is 15.8 Å². The van der Waals surface area contributed by atoms with Gasteiger partial charge in [0, 0.05) is 23.3 Å². The highest BCUT2D eigenvalue weighted by molar-refractivity contribution is 7.99. The van der Waals surface area contributed by atoms with Crippen LogP contribution in [0.5, 0.6) is 0 Å². The van der Waals surface area contributed by atoms with Crippen LogP contribution in [0.4, 0.5) is 0 Å². The van der Waals surface area contributed by atoms with Crippen molar-refractivity contribution in [2.75, 3.05) is 11.5 Å². The molecule has 130 valence electrons. The van der Waals surface area contributed by atoms with Gasteiger partial charge in [-0.15, -0.1) is 0 Å². The summed E-state index contributed by atoms with van der Waals surface area (Å²) in [6.07, 6.45) is 2.03. The molecule has 26 heavy (non-hydrogen) atoms. The van der Waals surface area contributed by atoms with Crippen molar-refractivity contribution >= 4 is 11.8 Å². The van der Waals surface area contributed by atoms with Gasteiger partial charge in [0.15, 0.2) is 5.41 Å². The summed E-state index contributed by atoms with van der Waals surface area (Å²) in [6.45, 7) is 4.26. The van der Waals surface area contributed by atoms with Crippen LogP contribution in [0.2, 0.25) is 0 Å². The Morgan fingerprint density at radius 2 is 1.81 bits per heavy atom. The SMILES string of the molecule is CC(C)c1ccc(C2C3CSCC=C3C(C#N)=C(N)C2(C#N)C#N)cc1. The summed E-state index contributed by atoms with van der Waals surface area (Å²) in [5.41, 5.74) is 8.18. The maximum absolute atomic E-state index is 9.97. The summed E-state index contributed by atoms with van der Waals surface area (Å²) in [6, 6.07) is 14.6. The predicted octanol–water partition coefficient (Wildman–Crippen LogP) is 3.97. The van der Waals surface area contributed by atoms with Gasteiger partial charge in [0.1, 0.15) is 6.07 Å². The largest absolute Gasteiger partial charge is 0.399 e. The summed E-state index contributed by atoms with van der Waals surface area (Å²) in [5.74, 6) is 1.54. The smallest absolute Gasteiger partial charge is 0.191 e. The van der Waals surface area contributed by atoms with E-state index in [0.29, 0.717) is 11.5 Å². The lowest BCUT2D eigenvalue weighted by atomic mass is 9.59. The number of nitriles is 3. The second kappa shape index (κ2) is 6.91. The maximum Gasteiger partial charge on any atom is 0.191 e. The molecule has 1 aliphatic carbocycles. The molecule has 2 aliphatic rings. The fraction of sp³-hybridized carbons (Fsp3) is 0.381. The second-order valence-electron chi connectivity index (χ2n) is 7.03. The average molecular weight is 360 g/mol. The molecule has 0 saturated carbocycles. The molecule has 1 heterocycles. The number of thioether (sulfide) groups is 1. The minimum Gasteiger partial charge on any atom is -0.399 e. The lowest BCUT2D eigenvalue weighted by molar-refractivity contribution is 0.368. The van der Waals surface area contributed by atoms with Gasteiger partial charge in [-0.1, -0.05) is 44.2 Å². The monoisotopic (exact) mass is 360 g/mol. The van der Waals surface area contributed by atoms with Gasteiger partial charge < -0.3 is 5.73 Å². The number of benzene rings is 1. The van der Waals surface area contributed by atoms with E-state index in [-0.39, 0.29) is 17.5 Å². The van der Waals surface area contributed by atoms with E-state index in [1.165, 1.54) is 5.56 Å². The Bertz CT molecular complexity index is 889. The van der Waals surface area contributed by atoms with Gasteiger partial charge in [0.05, 0.1) is 23.4 Å². The molecule has 1 aromatic rings. The van der Waals surface area contributed by atoms with Crippen LogP contribution >= 0.6 is 11.8 Å². The van der Waals surface area contributed by atoms with Gasteiger partial charge >= 0.3 is 0 Å². The molecular weight excluding hydrogens is 340 g/mol. The van der Waals surface area contributed by atoms with Crippen LogP contribution in [0.1, 0.15) is 36.8 Å². The van der Waals surface area contributed by atoms with Crippen LogP contribution < -0.4 is 5.73 Å². The zero-order valence-corrected chi connectivity index (χ0v) is 15.7. The molecule has 5 heteroatoms. The Kier molecular flexibility index (Phi) is 4.82. The Hall–Kier alpha value is -2.68. The molecule has 0 radical (unpaired) electrons. The van der Waals surface area contributed by atoms with E-state index in [2.05, 4.69) is 44.2 Å². The molecule has 1 aliphatic heterocycles. The van der Waals surface area contributed by atoms with Crippen molar-refractivity contribution in [3.8, 4) is 18.2 Å². The molecule has 2 N–H and O–H groups in total. The molecule has 2 atom stereocenters. The van der Waals surface area contributed by atoms with Crippen molar-refractivity contribution < 1.29 is 0 Å². The molecule has 0 aromatic heterocycles. The first-order valence-electron chi connectivity index (χ1n) is 8.61. The first-order valence-corrected chi connectivity index (χ1v) is 9.76.